The SMILES string of the molecule is COc1ccccc1[C@H]1c2c(C)nn(-c3cccc(Cl)c3)c2Oc2ncn3nc(CO/N=C\c4ccccc4)nc3c21. The third-order valence-corrected chi connectivity index (χ3v) is 7.27. The Balaban J connectivity index is 1.34. The van der Waals surface area contributed by atoms with Gasteiger partial charge in [0.25, 0.3) is 0 Å². The summed E-state index contributed by atoms with van der Waals surface area (Å²) in [5.41, 5.74) is 5.61. The summed E-state index contributed by atoms with van der Waals surface area (Å²) >= 11 is 6.33. The predicted molar refractivity (Wildman–Crippen MR) is 157 cm³/mol. The molecule has 4 heterocycles. The monoisotopic (exact) mass is 577 g/mol. The van der Waals surface area contributed by atoms with Gasteiger partial charge in [0.2, 0.25) is 11.8 Å². The number of hydrogen-bond donors (Lipinski definition) is 0. The quantitative estimate of drug-likeness (QED) is 0.166. The second-order valence-corrected chi connectivity index (χ2v) is 10.1. The summed E-state index contributed by atoms with van der Waals surface area (Å²) in [7, 11) is 1.66. The van der Waals surface area contributed by atoms with Gasteiger partial charge < -0.3 is 14.3 Å². The Morgan fingerprint density at radius 3 is 2.67 bits per heavy atom. The molecule has 0 radical (unpaired) electrons. The molecular weight excluding hydrogens is 554 g/mol. The number of benzene rings is 3. The first-order chi connectivity index (χ1) is 20.6. The van der Waals surface area contributed by atoms with Gasteiger partial charge in [-0.1, -0.05) is 71.4 Å². The molecule has 3 aromatic carbocycles. The number of hydrogen-bond acceptors (Lipinski definition) is 8. The van der Waals surface area contributed by atoms with E-state index < -0.39 is 0 Å². The van der Waals surface area contributed by atoms with Crippen LogP contribution >= 0.6 is 11.6 Å². The molecule has 0 unspecified atom stereocenters. The Bertz CT molecular complexity index is 1950. The minimum atomic E-state index is -0.363. The summed E-state index contributed by atoms with van der Waals surface area (Å²) < 4.78 is 15.7. The van der Waals surface area contributed by atoms with Gasteiger partial charge in [-0.2, -0.15) is 5.10 Å². The number of rotatable bonds is 7. The normalized spacial score (nSPS) is 14.0. The zero-order valence-corrected chi connectivity index (χ0v) is 23.4. The number of oxime groups is 1. The van der Waals surface area contributed by atoms with Gasteiger partial charge in [-0.15, -0.1) is 5.10 Å². The summed E-state index contributed by atoms with van der Waals surface area (Å²) in [6, 6.07) is 25.0. The van der Waals surface area contributed by atoms with Crippen LogP contribution < -0.4 is 9.47 Å². The van der Waals surface area contributed by atoms with Gasteiger partial charge in [0.15, 0.2) is 18.1 Å². The van der Waals surface area contributed by atoms with Crippen molar-refractivity contribution in [2.24, 2.45) is 5.16 Å². The lowest BCUT2D eigenvalue weighted by Gasteiger charge is -2.27. The summed E-state index contributed by atoms with van der Waals surface area (Å²) in [5.74, 6) is 1.75. The van der Waals surface area contributed by atoms with Crippen molar-refractivity contribution in [1.82, 2.24) is 29.4 Å². The largest absolute Gasteiger partial charge is 0.496 e. The van der Waals surface area contributed by atoms with Crippen molar-refractivity contribution in [2.45, 2.75) is 19.4 Å². The lowest BCUT2D eigenvalue weighted by atomic mass is 9.84. The zero-order valence-electron chi connectivity index (χ0n) is 22.7. The van der Waals surface area contributed by atoms with Crippen LogP contribution in [0.4, 0.5) is 0 Å². The number of methoxy groups -OCH3 is 1. The first kappa shape index (κ1) is 25.7. The van der Waals surface area contributed by atoms with E-state index in [9.17, 15) is 0 Å². The number of aromatic nitrogens is 6. The van der Waals surface area contributed by atoms with Crippen LogP contribution in [0.1, 0.15) is 39.7 Å². The number of nitrogens with zero attached hydrogens (tertiary/aromatic N) is 7. The molecule has 0 amide bonds. The van der Waals surface area contributed by atoms with Crippen molar-refractivity contribution in [2.75, 3.05) is 7.11 Å². The van der Waals surface area contributed by atoms with E-state index in [4.69, 9.17) is 36.0 Å². The van der Waals surface area contributed by atoms with Crippen LogP contribution in [0, 0.1) is 6.92 Å². The van der Waals surface area contributed by atoms with E-state index >= 15 is 0 Å². The van der Waals surface area contributed by atoms with Crippen molar-refractivity contribution in [1.29, 1.82) is 0 Å². The minimum absolute atomic E-state index is 0.0803. The first-order valence-corrected chi connectivity index (χ1v) is 13.6. The van der Waals surface area contributed by atoms with Crippen LogP contribution in [0.2, 0.25) is 5.02 Å². The Morgan fingerprint density at radius 2 is 1.83 bits per heavy atom. The average molecular weight is 578 g/mol. The molecule has 3 aromatic heterocycles. The van der Waals surface area contributed by atoms with Gasteiger partial charge in [0, 0.05) is 10.6 Å². The maximum atomic E-state index is 6.48. The molecule has 0 aliphatic carbocycles. The maximum absolute atomic E-state index is 6.48. The molecule has 42 heavy (non-hydrogen) atoms. The third kappa shape index (κ3) is 4.51. The molecule has 0 N–H and O–H groups in total. The molecule has 11 heteroatoms. The highest BCUT2D eigenvalue weighted by Crippen LogP contribution is 2.51. The Morgan fingerprint density at radius 1 is 1.00 bits per heavy atom. The molecule has 1 aliphatic rings. The molecule has 1 atom stereocenters. The van der Waals surface area contributed by atoms with E-state index in [1.54, 1.807) is 28.8 Å². The highest BCUT2D eigenvalue weighted by Gasteiger charge is 2.39. The van der Waals surface area contributed by atoms with Gasteiger partial charge in [-0.05, 0) is 36.8 Å². The molecule has 0 saturated heterocycles. The van der Waals surface area contributed by atoms with Gasteiger partial charge in [0.05, 0.1) is 41.8 Å². The van der Waals surface area contributed by atoms with E-state index in [-0.39, 0.29) is 12.5 Å². The minimum Gasteiger partial charge on any atom is -0.496 e. The summed E-state index contributed by atoms with van der Waals surface area (Å²) in [5, 5.41) is 14.1. The van der Waals surface area contributed by atoms with Crippen molar-refractivity contribution in [3.8, 4) is 23.2 Å². The van der Waals surface area contributed by atoms with Crippen LogP contribution in [-0.4, -0.2) is 42.7 Å². The maximum Gasteiger partial charge on any atom is 0.230 e. The molecule has 0 fully saturated rings. The first-order valence-electron chi connectivity index (χ1n) is 13.2. The van der Waals surface area contributed by atoms with E-state index in [0.717, 1.165) is 39.4 Å². The highest BCUT2D eigenvalue weighted by molar-refractivity contribution is 6.30. The Hall–Kier alpha value is -5.22. The fourth-order valence-electron chi connectivity index (χ4n) is 5.21. The van der Waals surface area contributed by atoms with Crippen LogP contribution in [0.15, 0.2) is 90.3 Å². The molecule has 0 spiro atoms. The molecule has 0 saturated carbocycles. The summed E-state index contributed by atoms with van der Waals surface area (Å²) in [4.78, 5) is 15.0. The van der Waals surface area contributed by atoms with E-state index in [0.29, 0.717) is 28.3 Å². The Kier molecular flexibility index (Phi) is 6.52. The van der Waals surface area contributed by atoms with Crippen molar-refractivity contribution < 1.29 is 14.3 Å². The zero-order chi connectivity index (χ0) is 28.6. The second-order valence-electron chi connectivity index (χ2n) is 9.65. The van der Waals surface area contributed by atoms with Crippen LogP contribution in [0.5, 0.6) is 17.5 Å². The molecule has 7 rings (SSSR count). The summed E-state index contributed by atoms with van der Waals surface area (Å²) in [6.07, 6.45) is 3.22. The van der Waals surface area contributed by atoms with Crippen LogP contribution in [-0.2, 0) is 11.4 Å². The van der Waals surface area contributed by atoms with Crippen LogP contribution in [0.25, 0.3) is 11.3 Å². The lowest BCUT2D eigenvalue weighted by molar-refractivity contribution is 0.126. The number of aryl methyl sites for hydroxylation is 1. The van der Waals surface area contributed by atoms with Crippen molar-refractivity contribution >= 4 is 23.5 Å². The van der Waals surface area contributed by atoms with Gasteiger partial charge in [-0.25, -0.2) is 19.2 Å². The average Bonchev–Trinajstić information content (AvgIpc) is 3.59. The van der Waals surface area contributed by atoms with Gasteiger partial charge in [0.1, 0.15) is 12.1 Å². The molecule has 0 bridgehead atoms. The van der Waals surface area contributed by atoms with E-state index in [1.807, 2.05) is 85.8 Å². The topological polar surface area (TPSA) is 101 Å². The third-order valence-electron chi connectivity index (χ3n) is 7.04. The standard InChI is InChI=1S/C31H24ClN7O3/c1-19-26-27(23-13-6-7-14-24(23)40-2)28-29-35-25(17-41-34-16-20-9-4-3-5-10-20)37-38(29)18-33-30(28)42-31(26)39(36-19)22-12-8-11-21(32)15-22/h3-16,18,27H,17H2,1-2H3/b34-16-/t27-/m0/s1. The van der Waals surface area contributed by atoms with Crippen molar-refractivity contribution in [3.63, 3.8) is 0 Å². The summed E-state index contributed by atoms with van der Waals surface area (Å²) in [6.45, 7) is 2.04. The molecule has 208 valence electrons. The van der Waals surface area contributed by atoms with E-state index in [1.165, 1.54) is 0 Å². The van der Waals surface area contributed by atoms with Crippen molar-refractivity contribution in [3.05, 3.63) is 124 Å². The molecule has 6 aromatic rings. The van der Waals surface area contributed by atoms with Gasteiger partial charge in [-0.3, -0.25) is 0 Å². The molecule has 10 nitrogen and oxygen atoms in total. The number of para-hydroxylation sites is 1. The van der Waals surface area contributed by atoms with E-state index in [2.05, 4.69) is 15.2 Å². The van der Waals surface area contributed by atoms with Gasteiger partial charge >= 0.3 is 0 Å². The highest BCUT2D eigenvalue weighted by atomic mass is 35.5. The predicted octanol–water partition coefficient (Wildman–Crippen LogP) is 6.12. The molecule has 1 aliphatic heterocycles. The smallest absolute Gasteiger partial charge is 0.230 e. The number of fused-ring (bicyclic) bond motifs is 4. The fourth-order valence-corrected chi connectivity index (χ4v) is 5.40. The number of ether oxygens (including phenoxy) is 2. The fraction of sp³-hybridized carbons (Fsp3) is 0.129. The second kappa shape index (κ2) is 10.6. The Labute approximate surface area is 245 Å². The lowest BCUT2D eigenvalue weighted by Crippen LogP contribution is -2.16. The van der Waals surface area contributed by atoms with Crippen LogP contribution in [0.3, 0.4) is 0 Å². The molecular formula is C31H24ClN7O3. The number of halogens is 1.